The number of carbonyl (C=O) groups excluding carboxylic acids is 1. The van der Waals surface area contributed by atoms with Gasteiger partial charge in [0.2, 0.25) is 0 Å². The molecule has 4 nitrogen and oxygen atoms in total. The van der Waals surface area contributed by atoms with Crippen molar-refractivity contribution >= 4 is 17.2 Å². The molecule has 0 spiro atoms. The van der Waals surface area contributed by atoms with Crippen molar-refractivity contribution in [2.24, 2.45) is 5.92 Å². The molecular weight excluding hydrogens is 282 g/mol. The molecule has 1 saturated heterocycles. The summed E-state index contributed by atoms with van der Waals surface area (Å²) >= 11 is 1.55. The Morgan fingerprint density at radius 3 is 3.14 bits per heavy atom. The van der Waals surface area contributed by atoms with Gasteiger partial charge in [-0.05, 0) is 49.0 Å². The van der Waals surface area contributed by atoms with Gasteiger partial charge in [-0.1, -0.05) is 6.07 Å². The topological polar surface area (TPSA) is 45.2 Å². The molecule has 1 aliphatic heterocycles. The molecule has 0 unspecified atom stereocenters. The van der Waals surface area contributed by atoms with E-state index in [2.05, 4.69) is 28.3 Å². The largest absolute Gasteiger partial charge is 0.352 e. The minimum absolute atomic E-state index is 0.0238. The van der Waals surface area contributed by atoms with E-state index in [0.29, 0.717) is 18.5 Å². The van der Waals surface area contributed by atoms with Crippen molar-refractivity contribution in [1.82, 2.24) is 15.2 Å². The first kappa shape index (κ1) is 14.2. The molecule has 1 amide bonds. The Bertz CT molecular complexity index is 585. The van der Waals surface area contributed by atoms with Gasteiger partial charge in [-0.25, -0.2) is 0 Å². The molecule has 110 valence electrons. The fourth-order valence-corrected chi connectivity index (χ4v) is 3.67. The van der Waals surface area contributed by atoms with Crippen LogP contribution in [0, 0.1) is 5.92 Å². The number of rotatable bonds is 4. The van der Waals surface area contributed by atoms with Gasteiger partial charge in [-0.15, -0.1) is 0 Å². The fraction of sp³-hybridized carbons (Fsp3) is 0.375. The molecule has 1 N–H and O–H groups in total. The van der Waals surface area contributed by atoms with Crippen molar-refractivity contribution in [2.45, 2.75) is 12.5 Å². The molecule has 0 bridgehead atoms. The summed E-state index contributed by atoms with van der Waals surface area (Å²) in [5, 5.41) is 6.88. The molecular formula is C16H19N3OS. The van der Waals surface area contributed by atoms with E-state index in [1.54, 1.807) is 17.5 Å². The van der Waals surface area contributed by atoms with Crippen LogP contribution in [0.15, 0.2) is 41.4 Å². The number of pyridine rings is 1. The highest BCUT2D eigenvalue weighted by molar-refractivity contribution is 7.08. The van der Waals surface area contributed by atoms with Gasteiger partial charge in [0, 0.05) is 35.9 Å². The zero-order valence-corrected chi connectivity index (χ0v) is 12.8. The molecule has 1 fully saturated rings. The van der Waals surface area contributed by atoms with Gasteiger partial charge in [0.15, 0.2) is 0 Å². The highest BCUT2D eigenvalue weighted by Gasteiger charge is 2.33. The molecule has 5 heteroatoms. The van der Waals surface area contributed by atoms with Gasteiger partial charge in [0.05, 0.1) is 0 Å². The first-order chi connectivity index (χ1) is 10.3. The molecule has 3 rings (SSSR count). The van der Waals surface area contributed by atoms with Gasteiger partial charge in [0.1, 0.15) is 0 Å². The number of hydrogen-bond acceptors (Lipinski definition) is 4. The van der Waals surface area contributed by atoms with Crippen molar-refractivity contribution in [3.8, 4) is 0 Å². The maximum absolute atomic E-state index is 12.1. The van der Waals surface area contributed by atoms with Crippen LogP contribution in [0.4, 0.5) is 0 Å². The standard InChI is InChI=1S/C16H19N3OS/c1-19-7-4-13(15(19)12-3-2-6-17-9-12)10-18-16(20)14-5-8-21-11-14/h2-3,5-6,8-9,11,13,15H,4,7,10H2,1H3,(H,18,20)/t13-,15-/m0/s1. The number of amides is 1. The molecule has 0 aliphatic carbocycles. The van der Waals surface area contributed by atoms with Crippen LogP contribution in [-0.2, 0) is 0 Å². The second-order valence-electron chi connectivity index (χ2n) is 5.48. The summed E-state index contributed by atoms with van der Waals surface area (Å²) in [5.41, 5.74) is 1.98. The molecule has 21 heavy (non-hydrogen) atoms. The Balaban J connectivity index is 1.66. The summed E-state index contributed by atoms with van der Waals surface area (Å²) in [6.45, 7) is 1.76. The molecule has 0 saturated carbocycles. The molecule has 0 radical (unpaired) electrons. The number of nitrogens with zero attached hydrogens (tertiary/aromatic N) is 2. The van der Waals surface area contributed by atoms with Crippen molar-refractivity contribution < 1.29 is 4.79 Å². The van der Waals surface area contributed by atoms with E-state index < -0.39 is 0 Å². The summed E-state index contributed by atoms with van der Waals surface area (Å²) in [5.74, 6) is 0.456. The van der Waals surface area contributed by atoms with Crippen LogP contribution in [0.1, 0.15) is 28.4 Å². The molecule has 2 aromatic heterocycles. The molecule has 3 heterocycles. The van der Waals surface area contributed by atoms with E-state index in [0.717, 1.165) is 18.5 Å². The van der Waals surface area contributed by atoms with E-state index >= 15 is 0 Å². The lowest BCUT2D eigenvalue weighted by Crippen LogP contribution is -2.32. The van der Waals surface area contributed by atoms with E-state index in [1.807, 2.05) is 29.1 Å². The fourth-order valence-electron chi connectivity index (χ4n) is 3.04. The first-order valence-corrected chi connectivity index (χ1v) is 8.10. The summed E-state index contributed by atoms with van der Waals surface area (Å²) in [4.78, 5) is 18.6. The minimum atomic E-state index is 0.0238. The molecule has 2 aromatic rings. The van der Waals surface area contributed by atoms with Crippen LogP contribution >= 0.6 is 11.3 Å². The van der Waals surface area contributed by atoms with Gasteiger partial charge in [-0.2, -0.15) is 11.3 Å². The summed E-state index contributed by atoms with van der Waals surface area (Å²) < 4.78 is 0. The predicted molar refractivity (Wildman–Crippen MR) is 84.4 cm³/mol. The zero-order valence-electron chi connectivity index (χ0n) is 12.0. The Morgan fingerprint density at radius 1 is 1.52 bits per heavy atom. The van der Waals surface area contributed by atoms with Gasteiger partial charge in [-0.3, -0.25) is 14.7 Å². The highest BCUT2D eigenvalue weighted by atomic mass is 32.1. The summed E-state index contributed by atoms with van der Waals surface area (Å²) in [7, 11) is 2.14. The van der Waals surface area contributed by atoms with Crippen molar-refractivity contribution in [1.29, 1.82) is 0 Å². The minimum Gasteiger partial charge on any atom is -0.352 e. The number of likely N-dealkylation sites (tertiary alicyclic amines) is 1. The van der Waals surface area contributed by atoms with Crippen LogP contribution < -0.4 is 5.32 Å². The lowest BCUT2D eigenvalue weighted by atomic mass is 9.94. The SMILES string of the molecule is CN1CC[C@@H](CNC(=O)c2ccsc2)[C@@H]1c1cccnc1. The third-order valence-electron chi connectivity index (χ3n) is 4.11. The van der Waals surface area contributed by atoms with E-state index in [-0.39, 0.29) is 5.91 Å². The molecule has 0 aromatic carbocycles. The first-order valence-electron chi connectivity index (χ1n) is 7.16. The Morgan fingerprint density at radius 2 is 2.43 bits per heavy atom. The van der Waals surface area contributed by atoms with Crippen LogP contribution in [0.25, 0.3) is 0 Å². The Kier molecular flexibility index (Phi) is 4.31. The number of aromatic nitrogens is 1. The molecule has 1 aliphatic rings. The van der Waals surface area contributed by atoms with Crippen LogP contribution in [0.5, 0.6) is 0 Å². The van der Waals surface area contributed by atoms with Crippen molar-refractivity contribution in [2.75, 3.05) is 20.1 Å². The normalized spacial score (nSPS) is 22.3. The lowest BCUT2D eigenvalue weighted by Gasteiger charge is -2.25. The van der Waals surface area contributed by atoms with Gasteiger partial charge in [0.25, 0.3) is 5.91 Å². The number of carbonyl (C=O) groups is 1. The highest BCUT2D eigenvalue weighted by Crippen LogP contribution is 2.35. The maximum atomic E-state index is 12.1. The monoisotopic (exact) mass is 301 g/mol. The van der Waals surface area contributed by atoms with Gasteiger partial charge >= 0.3 is 0 Å². The zero-order chi connectivity index (χ0) is 14.7. The van der Waals surface area contributed by atoms with Gasteiger partial charge < -0.3 is 5.32 Å². The van der Waals surface area contributed by atoms with Crippen LogP contribution in [-0.4, -0.2) is 35.9 Å². The Labute approximate surface area is 128 Å². The average Bonchev–Trinajstić information content (AvgIpc) is 3.15. The summed E-state index contributed by atoms with van der Waals surface area (Å²) in [6.07, 6.45) is 4.83. The number of hydrogen-bond donors (Lipinski definition) is 1. The van der Waals surface area contributed by atoms with Crippen molar-refractivity contribution in [3.63, 3.8) is 0 Å². The number of nitrogens with one attached hydrogen (secondary N) is 1. The van der Waals surface area contributed by atoms with Crippen LogP contribution in [0.3, 0.4) is 0 Å². The predicted octanol–water partition coefficient (Wildman–Crippen LogP) is 2.57. The smallest absolute Gasteiger partial charge is 0.252 e. The second kappa shape index (κ2) is 6.37. The van der Waals surface area contributed by atoms with E-state index in [9.17, 15) is 4.79 Å². The van der Waals surface area contributed by atoms with E-state index in [1.165, 1.54) is 5.56 Å². The van der Waals surface area contributed by atoms with Crippen LogP contribution in [0.2, 0.25) is 0 Å². The maximum Gasteiger partial charge on any atom is 0.252 e. The molecule has 2 atom stereocenters. The van der Waals surface area contributed by atoms with E-state index in [4.69, 9.17) is 0 Å². The quantitative estimate of drug-likeness (QED) is 0.944. The van der Waals surface area contributed by atoms with Crippen molar-refractivity contribution in [3.05, 3.63) is 52.5 Å². The average molecular weight is 301 g/mol. The second-order valence-corrected chi connectivity index (χ2v) is 6.26. The summed E-state index contributed by atoms with van der Waals surface area (Å²) in [6, 6.07) is 6.29. The third-order valence-corrected chi connectivity index (χ3v) is 4.79. The lowest BCUT2D eigenvalue weighted by molar-refractivity contribution is 0.0944. The Hall–Kier alpha value is -1.72. The third kappa shape index (κ3) is 3.14. The number of thiophene rings is 1.